The van der Waals surface area contributed by atoms with E-state index in [1.807, 2.05) is 36.4 Å². The van der Waals surface area contributed by atoms with Crippen LogP contribution >= 0.6 is 11.6 Å². The van der Waals surface area contributed by atoms with Crippen LogP contribution in [0.2, 0.25) is 5.02 Å². The molecule has 0 saturated carbocycles. The largest absolute Gasteiger partial charge is 0.494 e. The number of benzene rings is 4. The van der Waals surface area contributed by atoms with Crippen molar-refractivity contribution in [3.8, 4) is 16.9 Å². The van der Waals surface area contributed by atoms with E-state index in [1.54, 1.807) is 6.07 Å². The predicted molar refractivity (Wildman–Crippen MR) is 135 cm³/mol. The Hall–Kier alpha value is -3.81. The zero-order chi connectivity index (χ0) is 25.8. The van der Waals surface area contributed by atoms with Gasteiger partial charge in [0.25, 0.3) is 0 Å². The molecule has 2 atom stereocenters. The van der Waals surface area contributed by atoms with E-state index in [0.717, 1.165) is 28.3 Å². The number of halogens is 4. The molecule has 37 heavy (non-hydrogen) atoms. The van der Waals surface area contributed by atoms with Crippen LogP contribution in [0.15, 0.2) is 71.7 Å². The molecule has 0 aliphatic carbocycles. The minimum Gasteiger partial charge on any atom is -0.494 e. The van der Waals surface area contributed by atoms with Crippen LogP contribution in [0.5, 0.6) is 5.75 Å². The number of aliphatic imine (C=N–C) groups is 1. The van der Waals surface area contributed by atoms with Crippen molar-refractivity contribution in [2.45, 2.75) is 18.8 Å². The second-order valence-electron chi connectivity index (χ2n) is 8.95. The Kier molecular flexibility index (Phi) is 5.70. The fraction of sp³-hybridized carbons (Fsp3) is 0.138. The van der Waals surface area contributed by atoms with Gasteiger partial charge in [0.15, 0.2) is 11.6 Å². The van der Waals surface area contributed by atoms with Gasteiger partial charge in [-0.15, -0.1) is 0 Å². The summed E-state index contributed by atoms with van der Waals surface area (Å²) < 4.78 is 53.7. The highest BCUT2D eigenvalue weighted by atomic mass is 35.5. The van der Waals surface area contributed by atoms with Crippen LogP contribution < -0.4 is 10.5 Å². The highest BCUT2D eigenvalue weighted by molar-refractivity contribution is 6.31. The summed E-state index contributed by atoms with van der Waals surface area (Å²) in [6, 6.07) is 17.9. The molecule has 2 heterocycles. The van der Waals surface area contributed by atoms with Gasteiger partial charge in [0.1, 0.15) is 29.7 Å². The summed E-state index contributed by atoms with van der Waals surface area (Å²) in [7, 11) is 1.38. The molecular weight excluding hydrogens is 501 g/mol. The van der Waals surface area contributed by atoms with Gasteiger partial charge in [-0.1, -0.05) is 35.9 Å². The van der Waals surface area contributed by atoms with Gasteiger partial charge in [0, 0.05) is 27.8 Å². The summed E-state index contributed by atoms with van der Waals surface area (Å²) >= 11 is 6.17. The average molecular weight is 521 g/mol. The fourth-order valence-electron chi connectivity index (χ4n) is 5.03. The number of methoxy groups -OCH3 is 1. The number of amidine groups is 1. The maximum Gasteiger partial charge on any atom is 0.171 e. The van der Waals surface area contributed by atoms with Crippen LogP contribution in [0, 0.1) is 17.5 Å². The van der Waals surface area contributed by atoms with Crippen molar-refractivity contribution in [1.29, 1.82) is 0 Å². The van der Waals surface area contributed by atoms with Crippen molar-refractivity contribution >= 4 is 17.4 Å². The second kappa shape index (κ2) is 8.94. The molecule has 0 aromatic heterocycles. The molecule has 0 radical (unpaired) electrons. The van der Waals surface area contributed by atoms with Crippen LogP contribution in [-0.2, 0) is 11.3 Å². The summed E-state index contributed by atoms with van der Waals surface area (Å²) in [4.78, 5) is 4.37. The zero-order valence-corrected chi connectivity index (χ0v) is 20.3. The Morgan fingerprint density at radius 2 is 1.65 bits per heavy atom. The maximum atomic E-state index is 14.6. The van der Waals surface area contributed by atoms with Crippen LogP contribution in [0.3, 0.4) is 0 Å². The van der Waals surface area contributed by atoms with Gasteiger partial charge in [-0.2, -0.15) is 0 Å². The van der Waals surface area contributed by atoms with Crippen LogP contribution in [0.1, 0.15) is 45.6 Å². The molecule has 0 unspecified atom stereocenters. The third kappa shape index (κ3) is 3.86. The highest BCUT2D eigenvalue weighted by Crippen LogP contribution is 2.54. The van der Waals surface area contributed by atoms with Crippen molar-refractivity contribution < 1.29 is 22.6 Å². The first kappa shape index (κ1) is 23.6. The standard InChI is InChI=1S/C29H20ClF3N2O2/c1-36-25-9-8-23(30)22(26(25)33)13-35-29(34)15-3-6-19-21(11-15)28-20-10-14(2-5-18(20)27(19)37-28)17-7-4-16(31)12-24(17)32/h2-12,27-28H,13H2,1H3,(H2,34,35)/t27-,28+/m0/s1. The average Bonchev–Trinajstić information content (AvgIpc) is 3.45. The lowest BCUT2D eigenvalue weighted by atomic mass is 9.83. The van der Waals surface area contributed by atoms with Crippen molar-refractivity contribution in [1.82, 2.24) is 0 Å². The lowest BCUT2D eigenvalue weighted by Gasteiger charge is -2.18. The van der Waals surface area contributed by atoms with Crippen LogP contribution in [0.25, 0.3) is 11.1 Å². The summed E-state index contributed by atoms with van der Waals surface area (Å²) in [5.41, 5.74) is 12.0. The molecule has 0 saturated heterocycles. The monoisotopic (exact) mass is 520 g/mol. The molecular formula is C29H20ClF3N2O2. The Morgan fingerprint density at radius 3 is 2.41 bits per heavy atom. The first-order valence-electron chi connectivity index (χ1n) is 11.6. The third-order valence-corrected chi connectivity index (χ3v) is 7.25. The van der Waals surface area contributed by atoms with E-state index in [-0.39, 0.29) is 40.9 Å². The first-order valence-corrected chi connectivity index (χ1v) is 11.9. The number of hydrogen-bond donors (Lipinski definition) is 1. The first-order chi connectivity index (χ1) is 17.9. The number of nitrogens with zero attached hydrogens (tertiary/aromatic N) is 1. The third-order valence-electron chi connectivity index (χ3n) is 6.89. The number of nitrogens with two attached hydrogens (primary N) is 1. The second-order valence-corrected chi connectivity index (χ2v) is 9.36. The maximum absolute atomic E-state index is 14.6. The Balaban J connectivity index is 1.31. The normalized spacial score (nSPS) is 17.6. The number of rotatable bonds is 5. The van der Waals surface area contributed by atoms with Gasteiger partial charge in [0.2, 0.25) is 0 Å². The molecule has 4 aromatic rings. The lowest BCUT2D eigenvalue weighted by Crippen LogP contribution is -2.15. The summed E-state index contributed by atoms with van der Waals surface area (Å²) in [5.74, 6) is -1.51. The van der Waals surface area contributed by atoms with Gasteiger partial charge in [-0.25, -0.2) is 13.2 Å². The Morgan fingerprint density at radius 1 is 0.919 bits per heavy atom. The van der Waals surface area contributed by atoms with Gasteiger partial charge in [-0.3, -0.25) is 4.99 Å². The topological polar surface area (TPSA) is 56.8 Å². The molecule has 186 valence electrons. The molecule has 2 bridgehead atoms. The number of fused-ring (bicyclic) bond motifs is 8. The van der Waals surface area contributed by atoms with E-state index in [2.05, 4.69) is 4.99 Å². The predicted octanol–water partition coefficient (Wildman–Crippen LogP) is 6.86. The Labute approximate surface area is 216 Å². The van der Waals surface area contributed by atoms with Crippen LogP contribution in [0.4, 0.5) is 13.2 Å². The van der Waals surface area contributed by atoms with E-state index in [1.165, 1.54) is 25.3 Å². The van der Waals surface area contributed by atoms with Crippen molar-refractivity contribution in [3.63, 3.8) is 0 Å². The quantitative estimate of drug-likeness (QED) is 0.231. The molecule has 4 aromatic carbocycles. The van der Waals surface area contributed by atoms with Gasteiger partial charge >= 0.3 is 0 Å². The van der Waals surface area contributed by atoms with E-state index in [9.17, 15) is 13.2 Å². The van der Waals surface area contributed by atoms with Crippen molar-refractivity contribution in [3.05, 3.63) is 123 Å². The molecule has 8 heteroatoms. The van der Waals surface area contributed by atoms with Gasteiger partial charge in [-0.05, 0) is 64.2 Å². The van der Waals surface area contributed by atoms with Gasteiger partial charge in [0.05, 0.1) is 13.7 Å². The van der Waals surface area contributed by atoms with Crippen LogP contribution in [-0.4, -0.2) is 12.9 Å². The minimum absolute atomic E-state index is 0.0528. The SMILES string of the molecule is COc1ccc(Cl)c(CN=C(N)c2ccc3c(c2)[C@@H]2O[C@H]3c3ccc(-c4ccc(F)cc4F)cc32)c1F. The smallest absolute Gasteiger partial charge is 0.171 e. The fourth-order valence-corrected chi connectivity index (χ4v) is 5.24. The summed E-state index contributed by atoms with van der Waals surface area (Å²) in [6.45, 7) is -0.0528. The van der Waals surface area contributed by atoms with E-state index in [4.69, 9.17) is 26.8 Å². The molecule has 2 N–H and O–H groups in total. The van der Waals surface area contributed by atoms with Crippen molar-refractivity contribution in [2.24, 2.45) is 10.7 Å². The minimum atomic E-state index is -0.623. The van der Waals surface area contributed by atoms with E-state index < -0.39 is 17.5 Å². The highest BCUT2D eigenvalue weighted by Gasteiger charge is 2.43. The van der Waals surface area contributed by atoms with E-state index in [0.29, 0.717) is 16.7 Å². The molecule has 4 nitrogen and oxygen atoms in total. The zero-order valence-electron chi connectivity index (χ0n) is 19.6. The molecule has 2 aliphatic rings. The molecule has 0 spiro atoms. The number of ether oxygens (including phenoxy) is 2. The molecule has 2 aliphatic heterocycles. The molecule has 6 rings (SSSR count). The Bertz CT molecular complexity index is 1600. The lowest BCUT2D eigenvalue weighted by molar-refractivity contribution is 0.0857. The molecule has 0 amide bonds. The summed E-state index contributed by atoms with van der Waals surface area (Å²) in [5, 5.41) is 0.236. The molecule has 0 fully saturated rings. The van der Waals surface area contributed by atoms with Gasteiger partial charge < -0.3 is 15.2 Å². The van der Waals surface area contributed by atoms with E-state index >= 15 is 0 Å². The number of hydrogen-bond acceptors (Lipinski definition) is 3. The van der Waals surface area contributed by atoms with Crippen molar-refractivity contribution in [2.75, 3.05) is 7.11 Å². The summed E-state index contributed by atoms with van der Waals surface area (Å²) in [6.07, 6.45) is -0.588.